The number of halogens is 1. The Kier molecular flexibility index (Phi) is 4.43. The Labute approximate surface area is 142 Å². The van der Waals surface area contributed by atoms with Crippen molar-refractivity contribution < 1.29 is 23.9 Å². The normalized spacial score (nSPS) is 18.6. The van der Waals surface area contributed by atoms with Crippen LogP contribution >= 0.6 is 0 Å². The number of nitrogens with zero attached hydrogens (tertiary/aromatic N) is 1. The number of fused-ring (bicyclic) bond motifs is 1. The number of aromatic amines is 1. The maximum Gasteiger partial charge on any atom is 0.326 e. The molecule has 0 saturated carbocycles. The molecule has 3 N–H and O–H groups in total. The fourth-order valence-electron chi connectivity index (χ4n) is 3.08. The number of amides is 2. The first kappa shape index (κ1) is 16.9. The van der Waals surface area contributed by atoms with Gasteiger partial charge in [0.25, 0.3) is 0 Å². The average Bonchev–Trinajstić information content (AvgIpc) is 3.10. The molecule has 0 radical (unpaired) electrons. The quantitative estimate of drug-likeness (QED) is 0.748. The second kappa shape index (κ2) is 6.54. The van der Waals surface area contributed by atoms with Crippen molar-refractivity contribution in [1.29, 1.82) is 0 Å². The van der Waals surface area contributed by atoms with E-state index >= 15 is 0 Å². The van der Waals surface area contributed by atoms with Gasteiger partial charge in [0.2, 0.25) is 11.8 Å². The van der Waals surface area contributed by atoms with E-state index in [0.29, 0.717) is 16.5 Å². The Bertz CT molecular complexity index is 848. The summed E-state index contributed by atoms with van der Waals surface area (Å²) < 4.78 is 13.2. The molecule has 0 bridgehead atoms. The third kappa shape index (κ3) is 3.47. The van der Waals surface area contributed by atoms with E-state index < -0.39 is 23.8 Å². The van der Waals surface area contributed by atoms with Crippen molar-refractivity contribution in [3.8, 4) is 0 Å². The van der Waals surface area contributed by atoms with Gasteiger partial charge in [-0.25, -0.2) is 9.18 Å². The smallest absolute Gasteiger partial charge is 0.326 e. The van der Waals surface area contributed by atoms with Crippen molar-refractivity contribution in [2.24, 2.45) is 5.92 Å². The minimum absolute atomic E-state index is 0.0587. The third-order valence-corrected chi connectivity index (χ3v) is 4.48. The molecule has 1 aromatic carbocycles. The van der Waals surface area contributed by atoms with Crippen LogP contribution in [0.2, 0.25) is 0 Å². The zero-order valence-electron chi connectivity index (χ0n) is 13.6. The Morgan fingerprint density at radius 1 is 1.48 bits per heavy atom. The van der Waals surface area contributed by atoms with Crippen LogP contribution in [0, 0.1) is 11.7 Å². The number of carbonyl (C=O) groups is 3. The molecule has 2 aromatic rings. The van der Waals surface area contributed by atoms with Gasteiger partial charge in [0.1, 0.15) is 11.9 Å². The van der Waals surface area contributed by atoms with Crippen LogP contribution in [0.1, 0.15) is 12.0 Å². The summed E-state index contributed by atoms with van der Waals surface area (Å²) in [6, 6.07) is 3.07. The molecule has 0 unspecified atom stereocenters. The number of H-pyrrole nitrogens is 1. The van der Waals surface area contributed by atoms with E-state index in [1.807, 2.05) is 0 Å². The third-order valence-electron chi connectivity index (χ3n) is 4.48. The summed E-state index contributed by atoms with van der Waals surface area (Å²) in [7, 11) is 1.61. The second-order valence-electron chi connectivity index (χ2n) is 6.28. The lowest BCUT2D eigenvalue weighted by molar-refractivity contribution is -0.142. The highest BCUT2D eigenvalue weighted by molar-refractivity contribution is 5.91. The Balaban J connectivity index is 1.74. The molecule has 0 spiro atoms. The predicted molar refractivity (Wildman–Crippen MR) is 87.3 cm³/mol. The van der Waals surface area contributed by atoms with Gasteiger partial charge in [-0.2, -0.15) is 0 Å². The van der Waals surface area contributed by atoms with Crippen LogP contribution in [-0.4, -0.2) is 52.4 Å². The molecule has 1 aliphatic heterocycles. The van der Waals surface area contributed by atoms with Gasteiger partial charge in [0, 0.05) is 43.5 Å². The topological polar surface area (TPSA) is 102 Å². The monoisotopic (exact) mass is 347 g/mol. The van der Waals surface area contributed by atoms with Crippen LogP contribution in [0.4, 0.5) is 4.39 Å². The SMILES string of the molecule is CN1C[C@H](C(=O)N[C@H](Cc2c[nH]c3cc(F)ccc23)C(=O)O)CC1=O. The standard InChI is InChI=1S/C17H18FN3O4/c1-21-8-10(5-15(21)22)16(23)20-14(17(24)25)4-9-7-19-13-6-11(18)2-3-12(9)13/h2-3,6-7,10,14,19H,4-5,8H2,1H3,(H,20,23)(H,24,25)/t10-,14-/m1/s1. The molecule has 132 valence electrons. The summed E-state index contributed by atoms with van der Waals surface area (Å²) in [6.45, 7) is 0.281. The van der Waals surface area contributed by atoms with Crippen LogP contribution < -0.4 is 5.32 Å². The highest BCUT2D eigenvalue weighted by Gasteiger charge is 2.34. The summed E-state index contributed by atoms with van der Waals surface area (Å²) in [5.41, 5.74) is 1.23. The Morgan fingerprint density at radius 2 is 2.24 bits per heavy atom. The number of carbonyl (C=O) groups excluding carboxylic acids is 2. The molecule has 0 aliphatic carbocycles. The molecule has 1 saturated heterocycles. The van der Waals surface area contributed by atoms with Crippen molar-refractivity contribution in [2.75, 3.05) is 13.6 Å². The van der Waals surface area contributed by atoms with E-state index in [1.54, 1.807) is 19.3 Å². The van der Waals surface area contributed by atoms with Crippen LogP contribution in [0.15, 0.2) is 24.4 Å². The predicted octanol–water partition coefficient (Wildman–Crippen LogP) is 0.897. The summed E-state index contributed by atoms with van der Waals surface area (Å²) in [5, 5.41) is 12.6. The molecule has 1 aliphatic rings. The molecule has 1 fully saturated rings. The molecule has 7 nitrogen and oxygen atoms in total. The molecule has 2 heterocycles. The maximum absolute atomic E-state index is 13.2. The lowest BCUT2D eigenvalue weighted by Crippen LogP contribution is -2.45. The van der Waals surface area contributed by atoms with Gasteiger partial charge in [0.15, 0.2) is 0 Å². The first-order valence-corrected chi connectivity index (χ1v) is 7.88. The number of carboxylic acid groups (broad SMARTS) is 1. The number of hydrogen-bond acceptors (Lipinski definition) is 3. The zero-order valence-corrected chi connectivity index (χ0v) is 13.6. The number of likely N-dealkylation sites (tertiary alicyclic amines) is 1. The Morgan fingerprint density at radius 3 is 2.88 bits per heavy atom. The van der Waals surface area contributed by atoms with Gasteiger partial charge in [-0.3, -0.25) is 9.59 Å². The van der Waals surface area contributed by atoms with Crippen molar-refractivity contribution in [3.05, 3.63) is 35.8 Å². The van der Waals surface area contributed by atoms with Crippen LogP contribution in [0.5, 0.6) is 0 Å². The molecule has 2 amide bonds. The summed E-state index contributed by atoms with van der Waals surface area (Å²) >= 11 is 0. The largest absolute Gasteiger partial charge is 0.480 e. The van der Waals surface area contributed by atoms with Crippen LogP contribution in [-0.2, 0) is 20.8 Å². The number of rotatable bonds is 5. The highest BCUT2D eigenvalue weighted by Crippen LogP contribution is 2.21. The van der Waals surface area contributed by atoms with E-state index in [2.05, 4.69) is 10.3 Å². The van der Waals surface area contributed by atoms with Gasteiger partial charge >= 0.3 is 5.97 Å². The van der Waals surface area contributed by atoms with Crippen molar-refractivity contribution in [1.82, 2.24) is 15.2 Å². The number of aromatic nitrogens is 1. The molecule has 25 heavy (non-hydrogen) atoms. The van der Waals surface area contributed by atoms with E-state index in [9.17, 15) is 23.9 Å². The fraction of sp³-hybridized carbons (Fsp3) is 0.353. The van der Waals surface area contributed by atoms with Crippen molar-refractivity contribution in [3.63, 3.8) is 0 Å². The number of hydrogen-bond donors (Lipinski definition) is 3. The summed E-state index contributed by atoms with van der Waals surface area (Å²) in [6.07, 6.45) is 1.75. The van der Waals surface area contributed by atoms with E-state index in [1.165, 1.54) is 17.0 Å². The molecule has 1 aromatic heterocycles. The minimum atomic E-state index is -1.16. The highest BCUT2D eigenvalue weighted by atomic mass is 19.1. The van der Waals surface area contributed by atoms with Crippen LogP contribution in [0.25, 0.3) is 10.9 Å². The lowest BCUT2D eigenvalue weighted by Gasteiger charge is -2.17. The van der Waals surface area contributed by atoms with E-state index in [4.69, 9.17) is 0 Å². The number of aliphatic carboxylic acids is 1. The van der Waals surface area contributed by atoms with Crippen LogP contribution in [0.3, 0.4) is 0 Å². The van der Waals surface area contributed by atoms with E-state index in [-0.39, 0.29) is 31.1 Å². The number of carboxylic acids is 1. The van der Waals surface area contributed by atoms with Gasteiger partial charge in [-0.15, -0.1) is 0 Å². The fourth-order valence-corrected chi connectivity index (χ4v) is 3.08. The molecular formula is C17H18FN3O4. The van der Waals surface area contributed by atoms with Gasteiger partial charge in [-0.1, -0.05) is 0 Å². The summed E-state index contributed by atoms with van der Waals surface area (Å²) in [4.78, 5) is 39.7. The Hall–Kier alpha value is -2.90. The second-order valence-corrected chi connectivity index (χ2v) is 6.28. The minimum Gasteiger partial charge on any atom is -0.480 e. The average molecular weight is 347 g/mol. The molecular weight excluding hydrogens is 329 g/mol. The number of nitrogens with one attached hydrogen (secondary N) is 2. The maximum atomic E-state index is 13.2. The molecule has 8 heteroatoms. The number of benzene rings is 1. The van der Waals surface area contributed by atoms with E-state index in [0.717, 1.165) is 0 Å². The van der Waals surface area contributed by atoms with Gasteiger partial charge in [-0.05, 0) is 23.8 Å². The molecule has 3 rings (SSSR count). The van der Waals surface area contributed by atoms with Crippen molar-refractivity contribution >= 4 is 28.7 Å². The van der Waals surface area contributed by atoms with Gasteiger partial charge in [0.05, 0.1) is 5.92 Å². The van der Waals surface area contributed by atoms with Gasteiger partial charge < -0.3 is 20.3 Å². The first-order chi connectivity index (χ1) is 11.8. The lowest BCUT2D eigenvalue weighted by atomic mass is 10.0. The zero-order chi connectivity index (χ0) is 18.1. The molecule has 2 atom stereocenters. The van der Waals surface area contributed by atoms with Crippen molar-refractivity contribution in [2.45, 2.75) is 18.9 Å². The first-order valence-electron chi connectivity index (χ1n) is 7.88. The summed E-state index contributed by atoms with van der Waals surface area (Å²) in [5.74, 6) is -2.68.